The monoisotopic (exact) mass is 267 g/mol. The van der Waals surface area contributed by atoms with Crippen molar-refractivity contribution in [3.05, 3.63) is 12.4 Å². The number of ether oxygens (including phenoxy) is 1. The highest BCUT2D eigenvalue weighted by molar-refractivity contribution is 5.81. The zero-order valence-electron chi connectivity index (χ0n) is 12.7. The fraction of sp³-hybridized carbons (Fsp3) is 0.714. The zero-order valence-corrected chi connectivity index (χ0v) is 12.7. The number of hydrogen-bond acceptors (Lipinski definition) is 3. The number of carbonyl (C=O) groups is 1. The van der Waals surface area contributed by atoms with E-state index in [-0.39, 0.29) is 17.5 Å². The van der Waals surface area contributed by atoms with E-state index >= 15 is 0 Å². The van der Waals surface area contributed by atoms with E-state index in [4.69, 9.17) is 4.74 Å². The first-order valence-corrected chi connectivity index (χ1v) is 6.78. The molecule has 0 saturated carbocycles. The number of nitrogens with zero attached hydrogens (tertiary/aromatic N) is 2. The van der Waals surface area contributed by atoms with Crippen molar-refractivity contribution in [2.45, 2.75) is 65.6 Å². The van der Waals surface area contributed by atoms with Gasteiger partial charge in [0.25, 0.3) is 5.91 Å². The van der Waals surface area contributed by atoms with Crippen LogP contribution in [-0.2, 0) is 4.79 Å². The van der Waals surface area contributed by atoms with Gasteiger partial charge in [-0.05, 0) is 41.0 Å². The molecule has 0 aliphatic heterocycles. The lowest BCUT2D eigenvalue weighted by atomic mass is 10.0. The molecular weight excluding hydrogens is 242 g/mol. The van der Waals surface area contributed by atoms with Crippen molar-refractivity contribution in [2.75, 3.05) is 0 Å². The minimum Gasteiger partial charge on any atom is -0.478 e. The Morgan fingerprint density at radius 2 is 2.11 bits per heavy atom. The third-order valence-electron chi connectivity index (χ3n) is 3.13. The fourth-order valence-corrected chi connectivity index (χ4v) is 1.45. The van der Waals surface area contributed by atoms with Gasteiger partial charge in [-0.3, -0.25) is 9.48 Å². The van der Waals surface area contributed by atoms with Crippen LogP contribution in [0, 0.1) is 0 Å². The van der Waals surface area contributed by atoms with Crippen LogP contribution in [-0.4, -0.2) is 27.3 Å². The summed E-state index contributed by atoms with van der Waals surface area (Å²) in [6, 6.07) is 0.278. The van der Waals surface area contributed by atoms with Crippen molar-refractivity contribution in [1.82, 2.24) is 15.1 Å². The topological polar surface area (TPSA) is 56.1 Å². The lowest BCUT2D eigenvalue weighted by Gasteiger charge is -2.26. The van der Waals surface area contributed by atoms with Gasteiger partial charge in [0.2, 0.25) is 0 Å². The Hall–Kier alpha value is -1.52. The second-order valence-electron chi connectivity index (χ2n) is 5.74. The Morgan fingerprint density at radius 1 is 1.47 bits per heavy atom. The molecule has 5 heteroatoms. The summed E-state index contributed by atoms with van der Waals surface area (Å²) in [5, 5.41) is 7.14. The molecular formula is C14H25N3O2. The molecule has 5 nitrogen and oxygen atoms in total. The van der Waals surface area contributed by atoms with Crippen molar-refractivity contribution in [3.63, 3.8) is 0 Å². The van der Waals surface area contributed by atoms with Crippen molar-refractivity contribution < 1.29 is 9.53 Å². The SMILES string of the molecule is CCC(C)(C)NC(=O)C(C)Oc1cnn(C(C)C)c1. The van der Waals surface area contributed by atoms with E-state index in [2.05, 4.69) is 10.4 Å². The van der Waals surface area contributed by atoms with Crippen LogP contribution in [0.25, 0.3) is 0 Å². The predicted molar refractivity (Wildman–Crippen MR) is 75.2 cm³/mol. The van der Waals surface area contributed by atoms with Crippen molar-refractivity contribution >= 4 is 5.91 Å². The number of nitrogens with one attached hydrogen (secondary N) is 1. The summed E-state index contributed by atoms with van der Waals surface area (Å²) in [7, 11) is 0. The van der Waals surface area contributed by atoms with Crippen LogP contribution in [0.4, 0.5) is 0 Å². The molecule has 0 aliphatic rings. The van der Waals surface area contributed by atoms with E-state index in [0.717, 1.165) is 6.42 Å². The summed E-state index contributed by atoms with van der Waals surface area (Å²) < 4.78 is 7.40. The largest absolute Gasteiger partial charge is 0.478 e. The Balaban J connectivity index is 2.58. The lowest BCUT2D eigenvalue weighted by Crippen LogP contribution is -2.48. The molecule has 0 fully saturated rings. The molecule has 1 atom stereocenters. The highest BCUT2D eigenvalue weighted by Gasteiger charge is 2.23. The van der Waals surface area contributed by atoms with Crippen LogP contribution in [0.3, 0.4) is 0 Å². The summed E-state index contributed by atoms with van der Waals surface area (Å²) in [6.45, 7) is 11.8. The maximum atomic E-state index is 12.0. The first-order chi connectivity index (χ1) is 8.75. The molecule has 0 saturated heterocycles. The van der Waals surface area contributed by atoms with E-state index in [1.165, 1.54) is 0 Å². The Bertz CT molecular complexity index is 424. The van der Waals surface area contributed by atoms with Crippen LogP contribution in [0.5, 0.6) is 5.75 Å². The van der Waals surface area contributed by atoms with Gasteiger partial charge in [-0.2, -0.15) is 5.10 Å². The quantitative estimate of drug-likeness (QED) is 0.861. The van der Waals surface area contributed by atoms with Crippen molar-refractivity contribution in [2.24, 2.45) is 0 Å². The first-order valence-electron chi connectivity index (χ1n) is 6.78. The van der Waals surface area contributed by atoms with Crippen LogP contribution in [0.1, 0.15) is 54.0 Å². The van der Waals surface area contributed by atoms with Crippen LogP contribution in [0.15, 0.2) is 12.4 Å². The third kappa shape index (κ3) is 4.58. The number of hydrogen-bond donors (Lipinski definition) is 1. The van der Waals surface area contributed by atoms with Gasteiger partial charge in [0.05, 0.1) is 12.4 Å². The zero-order chi connectivity index (χ0) is 14.6. The summed E-state index contributed by atoms with van der Waals surface area (Å²) in [6.07, 6.45) is 3.78. The molecule has 0 bridgehead atoms. The van der Waals surface area contributed by atoms with E-state index < -0.39 is 6.10 Å². The molecule has 0 aromatic carbocycles. The van der Waals surface area contributed by atoms with Gasteiger partial charge in [0.15, 0.2) is 11.9 Å². The van der Waals surface area contributed by atoms with Gasteiger partial charge in [-0.15, -0.1) is 0 Å². The van der Waals surface area contributed by atoms with Gasteiger partial charge in [0, 0.05) is 11.6 Å². The standard InChI is InChI=1S/C14H25N3O2/c1-7-14(5,6)16-13(18)11(4)19-12-8-15-17(9-12)10(2)3/h8-11H,7H2,1-6H3,(H,16,18). The van der Waals surface area contributed by atoms with Gasteiger partial charge in [-0.25, -0.2) is 0 Å². The average Bonchev–Trinajstić information content (AvgIpc) is 2.77. The van der Waals surface area contributed by atoms with E-state index in [1.54, 1.807) is 24.0 Å². The number of rotatable bonds is 6. The van der Waals surface area contributed by atoms with E-state index in [1.807, 2.05) is 34.6 Å². The maximum Gasteiger partial charge on any atom is 0.261 e. The van der Waals surface area contributed by atoms with E-state index in [0.29, 0.717) is 5.75 Å². The minimum absolute atomic E-state index is 0.107. The second kappa shape index (κ2) is 6.08. The first kappa shape index (κ1) is 15.5. The molecule has 1 amide bonds. The molecule has 19 heavy (non-hydrogen) atoms. The number of carbonyl (C=O) groups excluding carboxylic acids is 1. The summed E-state index contributed by atoms with van der Waals surface area (Å²) in [5.41, 5.74) is -0.211. The maximum absolute atomic E-state index is 12.0. The van der Waals surface area contributed by atoms with Crippen molar-refractivity contribution in [3.8, 4) is 5.75 Å². The molecule has 0 aliphatic carbocycles. The third-order valence-corrected chi connectivity index (χ3v) is 3.13. The highest BCUT2D eigenvalue weighted by atomic mass is 16.5. The minimum atomic E-state index is -0.532. The molecule has 1 aromatic heterocycles. The molecule has 108 valence electrons. The molecule has 1 rings (SSSR count). The molecule has 1 heterocycles. The van der Waals surface area contributed by atoms with Crippen LogP contribution < -0.4 is 10.1 Å². The molecule has 1 aromatic rings. The summed E-state index contributed by atoms with van der Waals surface area (Å²) in [4.78, 5) is 12.0. The van der Waals surface area contributed by atoms with Crippen LogP contribution in [0.2, 0.25) is 0 Å². The van der Waals surface area contributed by atoms with E-state index in [9.17, 15) is 4.79 Å². The number of aromatic nitrogens is 2. The Labute approximate surface area is 115 Å². The molecule has 0 radical (unpaired) electrons. The van der Waals surface area contributed by atoms with Crippen molar-refractivity contribution in [1.29, 1.82) is 0 Å². The van der Waals surface area contributed by atoms with Gasteiger partial charge < -0.3 is 10.1 Å². The Kier molecular flexibility index (Phi) is 4.97. The average molecular weight is 267 g/mol. The normalized spacial score (nSPS) is 13.4. The summed E-state index contributed by atoms with van der Waals surface area (Å²) in [5.74, 6) is 0.509. The van der Waals surface area contributed by atoms with Crippen LogP contribution >= 0.6 is 0 Å². The van der Waals surface area contributed by atoms with Gasteiger partial charge in [-0.1, -0.05) is 6.92 Å². The summed E-state index contributed by atoms with van der Waals surface area (Å²) >= 11 is 0. The fourth-order valence-electron chi connectivity index (χ4n) is 1.45. The molecule has 1 unspecified atom stereocenters. The molecule has 1 N–H and O–H groups in total. The number of amides is 1. The highest BCUT2D eigenvalue weighted by Crippen LogP contribution is 2.15. The predicted octanol–water partition coefficient (Wildman–Crippen LogP) is 2.54. The lowest BCUT2D eigenvalue weighted by molar-refractivity contribution is -0.128. The Morgan fingerprint density at radius 3 is 2.58 bits per heavy atom. The van der Waals surface area contributed by atoms with Gasteiger partial charge >= 0.3 is 0 Å². The van der Waals surface area contributed by atoms with Gasteiger partial charge in [0.1, 0.15) is 0 Å². The second-order valence-corrected chi connectivity index (χ2v) is 5.74. The smallest absolute Gasteiger partial charge is 0.261 e. The molecule has 0 spiro atoms.